The summed E-state index contributed by atoms with van der Waals surface area (Å²) in [6.07, 6.45) is 0. The number of methoxy groups -OCH3 is 2. The maximum absolute atomic E-state index is 12.8. The van der Waals surface area contributed by atoms with E-state index in [4.69, 9.17) is 18.3 Å². The number of thiophene rings is 2. The van der Waals surface area contributed by atoms with Gasteiger partial charge in [0.05, 0.1) is 30.7 Å². The van der Waals surface area contributed by atoms with Gasteiger partial charge in [0.2, 0.25) is 0 Å². The maximum Gasteiger partial charge on any atom is 0.345 e. The Hall–Kier alpha value is -3.88. The molecular formula is C26H16O6S2. The summed E-state index contributed by atoms with van der Waals surface area (Å²) in [6, 6.07) is 18.4. The monoisotopic (exact) mass is 488 g/mol. The zero-order valence-electron chi connectivity index (χ0n) is 18.0. The zero-order chi connectivity index (χ0) is 23.4. The fourth-order valence-corrected chi connectivity index (χ4v) is 6.36. The second-order valence-electron chi connectivity index (χ2n) is 7.62. The molecule has 0 atom stereocenters. The predicted molar refractivity (Wildman–Crippen MR) is 136 cm³/mol. The molecule has 0 N–H and O–H groups in total. The van der Waals surface area contributed by atoms with Gasteiger partial charge < -0.3 is 18.3 Å². The molecule has 0 fully saturated rings. The van der Waals surface area contributed by atoms with Gasteiger partial charge in [-0.2, -0.15) is 0 Å². The van der Waals surface area contributed by atoms with Crippen molar-refractivity contribution in [1.29, 1.82) is 0 Å². The number of rotatable bonds is 4. The van der Waals surface area contributed by atoms with E-state index in [0.29, 0.717) is 39.2 Å². The van der Waals surface area contributed by atoms with Crippen LogP contribution in [-0.2, 0) is 0 Å². The van der Waals surface area contributed by atoms with Gasteiger partial charge in [0.1, 0.15) is 22.7 Å². The molecule has 34 heavy (non-hydrogen) atoms. The van der Waals surface area contributed by atoms with Crippen LogP contribution in [-0.4, -0.2) is 14.2 Å². The first-order valence-electron chi connectivity index (χ1n) is 10.3. The molecule has 0 aliphatic rings. The van der Waals surface area contributed by atoms with Gasteiger partial charge in [-0.1, -0.05) is 18.2 Å². The molecule has 0 saturated heterocycles. The summed E-state index contributed by atoms with van der Waals surface area (Å²) < 4.78 is 23.8. The van der Waals surface area contributed by atoms with E-state index in [1.807, 2.05) is 36.4 Å². The summed E-state index contributed by atoms with van der Waals surface area (Å²) in [5.74, 6) is 1.10. The van der Waals surface area contributed by atoms with Crippen molar-refractivity contribution in [3.05, 3.63) is 81.5 Å². The Balaban J connectivity index is 1.46. The van der Waals surface area contributed by atoms with E-state index in [-0.39, 0.29) is 5.63 Å². The van der Waals surface area contributed by atoms with Crippen molar-refractivity contribution in [2.24, 2.45) is 0 Å². The largest absolute Gasteiger partial charge is 0.496 e. The molecule has 6 rings (SSSR count). The third-order valence-electron chi connectivity index (χ3n) is 5.62. The highest BCUT2D eigenvalue weighted by molar-refractivity contribution is 7.31. The van der Waals surface area contributed by atoms with Crippen LogP contribution in [0.2, 0.25) is 0 Å². The Morgan fingerprint density at radius 1 is 0.706 bits per heavy atom. The number of ether oxygens (including phenoxy) is 2. The summed E-state index contributed by atoms with van der Waals surface area (Å²) in [7, 11) is 3.10. The number of para-hydroxylation sites is 1. The smallest absolute Gasteiger partial charge is 0.345 e. The molecule has 6 nitrogen and oxygen atoms in total. The highest BCUT2D eigenvalue weighted by atomic mass is 32.1. The normalized spacial score (nSPS) is 11.5. The van der Waals surface area contributed by atoms with Crippen LogP contribution in [0.25, 0.3) is 52.2 Å². The van der Waals surface area contributed by atoms with Crippen LogP contribution in [0.4, 0.5) is 0 Å². The standard InChI is InChI=1S/C26H16O6S2/c1-29-14-8-19(30-2)15-10-17(26(28)32-20(15)9-14)22-12-24-23(34-22)11-21(33-24)16-7-13-5-3-4-6-18(13)31-25(16)27/h3-12H,1-2H3. The van der Waals surface area contributed by atoms with Crippen molar-refractivity contribution in [3.8, 4) is 32.4 Å². The average Bonchev–Trinajstić information content (AvgIpc) is 3.41. The molecule has 0 amide bonds. The number of benzene rings is 2. The van der Waals surface area contributed by atoms with Crippen LogP contribution in [0.1, 0.15) is 0 Å². The number of hydrogen-bond donors (Lipinski definition) is 0. The molecule has 4 heterocycles. The third kappa shape index (κ3) is 3.30. The lowest BCUT2D eigenvalue weighted by Crippen LogP contribution is -2.02. The van der Waals surface area contributed by atoms with Crippen molar-refractivity contribution < 1.29 is 18.3 Å². The zero-order valence-corrected chi connectivity index (χ0v) is 19.7. The van der Waals surface area contributed by atoms with Crippen LogP contribution >= 0.6 is 22.7 Å². The van der Waals surface area contributed by atoms with E-state index in [9.17, 15) is 9.59 Å². The molecule has 6 aromatic rings. The Kier molecular flexibility index (Phi) is 4.79. The summed E-state index contributed by atoms with van der Waals surface area (Å²) in [4.78, 5) is 27.0. The molecule has 0 bridgehead atoms. The van der Waals surface area contributed by atoms with E-state index >= 15 is 0 Å². The van der Waals surface area contributed by atoms with Gasteiger partial charge in [0, 0.05) is 36.7 Å². The van der Waals surface area contributed by atoms with Crippen LogP contribution in [0.5, 0.6) is 11.5 Å². The first kappa shape index (κ1) is 20.7. The minimum absolute atomic E-state index is 0.370. The molecule has 0 aliphatic heterocycles. The molecule has 2 aromatic carbocycles. The molecule has 0 spiro atoms. The van der Waals surface area contributed by atoms with Crippen LogP contribution in [0.3, 0.4) is 0 Å². The maximum atomic E-state index is 12.8. The van der Waals surface area contributed by atoms with Gasteiger partial charge in [-0.15, -0.1) is 22.7 Å². The van der Waals surface area contributed by atoms with Crippen molar-refractivity contribution in [2.45, 2.75) is 0 Å². The third-order valence-corrected chi connectivity index (χ3v) is 7.98. The van der Waals surface area contributed by atoms with Gasteiger partial charge >= 0.3 is 11.3 Å². The fourth-order valence-electron chi connectivity index (χ4n) is 3.96. The topological polar surface area (TPSA) is 78.9 Å². The van der Waals surface area contributed by atoms with Crippen molar-refractivity contribution in [2.75, 3.05) is 14.2 Å². The lowest BCUT2D eigenvalue weighted by molar-refractivity contribution is 0.396. The second kappa shape index (κ2) is 7.86. The van der Waals surface area contributed by atoms with Crippen molar-refractivity contribution in [3.63, 3.8) is 0 Å². The minimum Gasteiger partial charge on any atom is -0.496 e. The van der Waals surface area contributed by atoms with Gasteiger partial charge in [-0.25, -0.2) is 9.59 Å². The van der Waals surface area contributed by atoms with E-state index in [1.165, 1.54) is 22.7 Å². The first-order valence-corrected chi connectivity index (χ1v) is 11.9. The van der Waals surface area contributed by atoms with Crippen LogP contribution < -0.4 is 20.7 Å². The molecule has 0 radical (unpaired) electrons. The van der Waals surface area contributed by atoms with E-state index in [1.54, 1.807) is 38.5 Å². The average molecular weight is 489 g/mol. The lowest BCUT2D eigenvalue weighted by Gasteiger charge is -2.08. The molecule has 168 valence electrons. The SMILES string of the molecule is COc1cc(OC)c2cc(-c3cc4sc(-c5cc6ccccc6oc5=O)cc4s3)c(=O)oc2c1. The van der Waals surface area contributed by atoms with Crippen LogP contribution in [0, 0.1) is 0 Å². The number of hydrogen-bond acceptors (Lipinski definition) is 8. The summed E-state index contributed by atoms with van der Waals surface area (Å²) in [5, 5.41) is 1.55. The Morgan fingerprint density at radius 2 is 1.35 bits per heavy atom. The highest BCUT2D eigenvalue weighted by Gasteiger charge is 2.18. The number of fused-ring (bicyclic) bond motifs is 3. The molecule has 0 saturated carbocycles. The molecule has 8 heteroatoms. The fraction of sp³-hybridized carbons (Fsp3) is 0.0769. The van der Waals surface area contributed by atoms with E-state index in [2.05, 4.69) is 0 Å². The lowest BCUT2D eigenvalue weighted by atomic mass is 10.1. The van der Waals surface area contributed by atoms with E-state index < -0.39 is 5.63 Å². The second-order valence-corrected chi connectivity index (χ2v) is 9.79. The molecule has 4 aromatic heterocycles. The van der Waals surface area contributed by atoms with E-state index in [0.717, 1.165) is 24.5 Å². The van der Waals surface area contributed by atoms with Crippen molar-refractivity contribution >= 4 is 54.0 Å². The Labute approximate surface area is 200 Å². The Morgan fingerprint density at radius 3 is 2.03 bits per heavy atom. The van der Waals surface area contributed by atoms with Gasteiger partial charge in [0.15, 0.2) is 0 Å². The summed E-state index contributed by atoms with van der Waals surface area (Å²) >= 11 is 2.96. The predicted octanol–water partition coefficient (Wildman–Crippen LogP) is 6.53. The van der Waals surface area contributed by atoms with Crippen molar-refractivity contribution in [1.82, 2.24) is 0 Å². The highest BCUT2D eigenvalue weighted by Crippen LogP contribution is 2.42. The van der Waals surface area contributed by atoms with Gasteiger partial charge in [-0.05, 0) is 30.3 Å². The van der Waals surface area contributed by atoms with Crippen LogP contribution in [0.15, 0.2) is 79.1 Å². The minimum atomic E-state index is -0.438. The molecule has 0 aliphatic carbocycles. The Bertz CT molecular complexity index is 1800. The first-order chi connectivity index (χ1) is 16.5. The summed E-state index contributed by atoms with van der Waals surface area (Å²) in [6.45, 7) is 0. The van der Waals surface area contributed by atoms with Gasteiger partial charge in [-0.3, -0.25) is 0 Å². The quantitative estimate of drug-likeness (QED) is 0.263. The van der Waals surface area contributed by atoms with Gasteiger partial charge in [0.25, 0.3) is 0 Å². The molecule has 0 unspecified atom stereocenters. The molecular weight excluding hydrogens is 472 g/mol. The summed E-state index contributed by atoms with van der Waals surface area (Å²) in [5.41, 5.74) is 1.13.